The summed E-state index contributed by atoms with van der Waals surface area (Å²) in [5, 5.41) is 27.9. The van der Waals surface area contributed by atoms with Crippen molar-refractivity contribution in [2.45, 2.75) is 55.9 Å². The average molecular weight is 614 g/mol. The van der Waals surface area contributed by atoms with Crippen LogP contribution in [-0.4, -0.2) is 34.8 Å². The lowest BCUT2D eigenvalue weighted by Crippen LogP contribution is -2.43. The normalized spacial score (nSPS) is 18.7. The van der Waals surface area contributed by atoms with E-state index in [-0.39, 0.29) is 24.6 Å². The fraction of sp³-hybridized carbons (Fsp3) is 0.265. The van der Waals surface area contributed by atoms with Crippen molar-refractivity contribution in [3.63, 3.8) is 0 Å². The molecule has 4 aromatic rings. The van der Waals surface area contributed by atoms with Crippen LogP contribution in [0.1, 0.15) is 48.0 Å². The van der Waals surface area contributed by atoms with Crippen LogP contribution in [0.2, 0.25) is 0 Å². The van der Waals surface area contributed by atoms with Gasteiger partial charge < -0.3 is 30.4 Å². The van der Waals surface area contributed by atoms with Crippen LogP contribution in [0.25, 0.3) is 0 Å². The molecule has 0 saturated carbocycles. The van der Waals surface area contributed by atoms with Crippen LogP contribution in [0.5, 0.6) is 0 Å². The number of ether oxygens (including phenoxy) is 2. The summed E-state index contributed by atoms with van der Waals surface area (Å²) in [6, 6.07) is 28.5. The number of anilines is 1. The molecule has 9 nitrogen and oxygen atoms in total. The van der Waals surface area contributed by atoms with E-state index in [1.54, 1.807) is 30.3 Å². The van der Waals surface area contributed by atoms with Crippen LogP contribution in [0.3, 0.4) is 0 Å². The highest BCUT2D eigenvalue weighted by atomic mass is 32.2. The van der Waals surface area contributed by atoms with E-state index in [9.17, 15) is 19.9 Å². The highest BCUT2D eigenvalue weighted by Crippen LogP contribution is 2.39. The van der Waals surface area contributed by atoms with Crippen LogP contribution in [0.15, 0.2) is 108 Å². The lowest BCUT2D eigenvalue weighted by atomic mass is 10.0. The van der Waals surface area contributed by atoms with Gasteiger partial charge in [-0.3, -0.25) is 4.79 Å². The third-order valence-corrected chi connectivity index (χ3v) is 8.47. The summed E-state index contributed by atoms with van der Waals surface area (Å²) in [5.41, 5.74) is 3.94. The molecule has 1 fully saturated rings. The number of ketones is 1. The number of hydrogen-bond acceptors (Lipinski definition) is 7. The first-order valence-corrected chi connectivity index (χ1v) is 15.4. The van der Waals surface area contributed by atoms with Gasteiger partial charge >= 0.3 is 6.03 Å². The Morgan fingerprint density at radius 1 is 0.955 bits per heavy atom. The quantitative estimate of drug-likeness (QED) is 0.116. The molecule has 1 unspecified atom stereocenters. The van der Waals surface area contributed by atoms with E-state index in [4.69, 9.17) is 9.47 Å². The molecular formula is C34H35N3O6S. The van der Waals surface area contributed by atoms with Crippen molar-refractivity contribution in [2.75, 3.05) is 11.1 Å². The molecule has 0 aliphatic carbocycles. The maximum Gasteiger partial charge on any atom is 0.319 e. The van der Waals surface area contributed by atoms with Crippen molar-refractivity contribution in [1.82, 2.24) is 5.32 Å². The lowest BCUT2D eigenvalue weighted by molar-refractivity contribution is -0.645. The van der Waals surface area contributed by atoms with E-state index in [0.29, 0.717) is 34.9 Å². The predicted octanol–water partition coefficient (Wildman–Crippen LogP) is 5.47. The Bertz CT molecular complexity index is 1550. The van der Waals surface area contributed by atoms with Crippen LogP contribution in [0, 0.1) is 5.21 Å². The molecule has 3 N–H and O–H groups in total. The van der Waals surface area contributed by atoms with Crippen molar-refractivity contribution in [2.24, 2.45) is 0 Å². The number of hydrogen-bond donors (Lipinski definition) is 3. The third-order valence-electron chi connectivity index (χ3n) is 7.32. The molecule has 4 atom stereocenters. The number of aromatic nitrogens is 1. The van der Waals surface area contributed by atoms with Gasteiger partial charge in [-0.15, -0.1) is 0 Å². The second-order valence-electron chi connectivity index (χ2n) is 10.6. The van der Waals surface area contributed by atoms with Gasteiger partial charge in [0.05, 0.1) is 24.9 Å². The summed E-state index contributed by atoms with van der Waals surface area (Å²) in [4.78, 5) is 25.2. The van der Waals surface area contributed by atoms with E-state index < -0.39 is 18.4 Å². The van der Waals surface area contributed by atoms with E-state index in [2.05, 4.69) is 10.6 Å². The number of urea groups is 1. The number of pyridine rings is 1. The largest absolute Gasteiger partial charge is 0.618 e. The number of aliphatic hydroxyl groups is 1. The second kappa shape index (κ2) is 15.0. The number of rotatable bonds is 11. The first kappa shape index (κ1) is 31.2. The molecule has 1 saturated heterocycles. The molecule has 3 aromatic carbocycles. The molecule has 2 heterocycles. The van der Waals surface area contributed by atoms with Crippen molar-refractivity contribution >= 4 is 29.3 Å². The Hall–Kier alpha value is -4.22. The molecule has 0 radical (unpaired) electrons. The zero-order valence-corrected chi connectivity index (χ0v) is 25.1. The molecule has 228 valence electrons. The maximum atomic E-state index is 12.9. The van der Waals surface area contributed by atoms with Gasteiger partial charge in [0.25, 0.3) is 5.03 Å². The van der Waals surface area contributed by atoms with E-state index in [1.807, 2.05) is 66.7 Å². The highest BCUT2D eigenvalue weighted by Gasteiger charge is 2.33. The minimum absolute atomic E-state index is 0.0458. The molecule has 5 rings (SSSR count). The number of aliphatic hydroxyl groups excluding tert-OH is 1. The number of thioether (sulfide) groups is 1. The molecule has 0 bridgehead atoms. The van der Waals surface area contributed by atoms with Crippen molar-refractivity contribution in [1.29, 1.82) is 0 Å². The topological polar surface area (TPSA) is 124 Å². The van der Waals surface area contributed by atoms with Crippen molar-refractivity contribution in [3.8, 4) is 0 Å². The number of Topliss-reactive ketones (excluding diaryl/α,β-unsaturated/α-hetero) is 1. The Kier molecular flexibility index (Phi) is 10.6. The maximum absolute atomic E-state index is 12.9. The Morgan fingerprint density at radius 3 is 2.45 bits per heavy atom. The van der Waals surface area contributed by atoms with Gasteiger partial charge in [0, 0.05) is 35.6 Å². The van der Waals surface area contributed by atoms with Gasteiger partial charge in [0.15, 0.2) is 18.3 Å². The number of amides is 2. The summed E-state index contributed by atoms with van der Waals surface area (Å²) in [7, 11) is 0. The summed E-state index contributed by atoms with van der Waals surface area (Å²) in [6.07, 6.45) is 1.16. The van der Waals surface area contributed by atoms with E-state index in [1.165, 1.54) is 24.9 Å². The molecule has 2 amide bonds. The van der Waals surface area contributed by atoms with Crippen LogP contribution < -0.4 is 15.4 Å². The highest BCUT2D eigenvalue weighted by molar-refractivity contribution is 7.99. The van der Waals surface area contributed by atoms with Gasteiger partial charge in [0.2, 0.25) is 0 Å². The summed E-state index contributed by atoms with van der Waals surface area (Å²) in [6.45, 7) is 1.42. The molecular weight excluding hydrogens is 578 g/mol. The van der Waals surface area contributed by atoms with Gasteiger partial charge in [-0.05, 0) is 48.2 Å². The van der Waals surface area contributed by atoms with Crippen molar-refractivity contribution in [3.05, 3.63) is 131 Å². The van der Waals surface area contributed by atoms with Gasteiger partial charge in [-0.25, -0.2) is 4.79 Å². The van der Waals surface area contributed by atoms with Crippen LogP contribution in [-0.2, 0) is 27.3 Å². The number of carbonyl (C=O) groups is 2. The van der Waals surface area contributed by atoms with E-state index >= 15 is 0 Å². The summed E-state index contributed by atoms with van der Waals surface area (Å²) < 4.78 is 13.6. The number of nitrogens with zero attached hydrogens (tertiary/aromatic N) is 1. The van der Waals surface area contributed by atoms with E-state index in [0.717, 1.165) is 21.4 Å². The molecule has 10 heteroatoms. The monoisotopic (exact) mass is 613 g/mol. The fourth-order valence-electron chi connectivity index (χ4n) is 4.96. The van der Waals surface area contributed by atoms with Gasteiger partial charge in [-0.1, -0.05) is 78.5 Å². The molecule has 1 aromatic heterocycles. The Balaban J connectivity index is 1.30. The van der Waals surface area contributed by atoms with Crippen LogP contribution in [0.4, 0.5) is 10.5 Å². The average Bonchev–Trinajstić information content (AvgIpc) is 3.04. The molecule has 1 aliphatic rings. The number of benzene rings is 3. The molecule has 1 aliphatic heterocycles. The van der Waals surface area contributed by atoms with Crippen molar-refractivity contribution < 1.29 is 28.9 Å². The summed E-state index contributed by atoms with van der Waals surface area (Å²) >= 11 is 1.42. The Morgan fingerprint density at radius 2 is 1.73 bits per heavy atom. The standard InChI is InChI=1S/C34H35N3O6S/c1-23(39)30(18-24-8-3-2-4-9-24)36-34(40)35-28-11-7-10-27(19-28)33-42-29(22-44-32-12-5-6-17-37(32)41)20-31(43-33)26-15-13-25(21-38)14-16-26/h2-17,19,29-31,33,38H,18,20-22H2,1H3,(H2,35,36,40)/t29-,30+,31+,33?/m0/s1. The van der Waals surface area contributed by atoms with Gasteiger partial charge in [0.1, 0.15) is 0 Å². The molecule has 44 heavy (non-hydrogen) atoms. The van der Waals surface area contributed by atoms with Crippen LogP contribution >= 0.6 is 11.8 Å². The third kappa shape index (κ3) is 8.45. The minimum Gasteiger partial charge on any atom is -0.618 e. The first-order chi connectivity index (χ1) is 21.4. The first-order valence-electron chi connectivity index (χ1n) is 14.4. The van der Waals surface area contributed by atoms with Gasteiger partial charge in [-0.2, -0.15) is 4.73 Å². The SMILES string of the molecule is CC(=O)[C@@H](Cc1ccccc1)NC(=O)Nc1cccc(C2O[C@H](CSc3cccc[n+]3[O-])C[C@H](c3ccc(CO)cc3)O2)c1. The minimum atomic E-state index is -0.736. The molecule has 0 spiro atoms. The zero-order valence-electron chi connectivity index (χ0n) is 24.3. The number of carbonyl (C=O) groups excluding carboxylic acids is 2. The number of nitrogens with one attached hydrogen (secondary N) is 2. The zero-order chi connectivity index (χ0) is 30.9. The lowest BCUT2D eigenvalue weighted by Gasteiger charge is -2.36. The second-order valence-corrected chi connectivity index (χ2v) is 11.6. The smallest absolute Gasteiger partial charge is 0.319 e. The Labute approximate surface area is 260 Å². The predicted molar refractivity (Wildman–Crippen MR) is 168 cm³/mol. The fourth-order valence-corrected chi connectivity index (χ4v) is 5.89. The summed E-state index contributed by atoms with van der Waals surface area (Å²) in [5.74, 6) is 0.396.